The first-order valence-electron chi connectivity index (χ1n) is 6.59. The Morgan fingerprint density at radius 3 is 2.52 bits per heavy atom. The minimum atomic E-state index is -4.83. The van der Waals surface area contributed by atoms with Gasteiger partial charge >= 0.3 is 7.82 Å². The maximum Gasteiger partial charge on any atom is 0.469 e. The number of nitrogens with two attached hydrogens (primary N) is 1. The number of carbonyl (C=O) groups is 2. The number of amides is 2. The second-order valence-corrected chi connectivity index (χ2v) is 6.46. The number of phosphoric ester groups is 1. The van der Waals surface area contributed by atoms with Crippen LogP contribution in [0.25, 0.3) is 0 Å². The lowest BCUT2D eigenvalue weighted by Gasteiger charge is -2.24. The van der Waals surface area contributed by atoms with Crippen LogP contribution in [0.2, 0.25) is 0 Å². The minimum Gasteiger partial charge on any atom is -0.387 e. The highest BCUT2D eigenvalue weighted by Crippen LogP contribution is 2.40. The smallest absolute Gasteiger partial charge is 0.387 e. The van der Waals surface area contributed by atoms with Gasteiger partial charge in [-0.05, 0) is 13.0 Å². The standard InChI is InChI=1S/C11H17N2O9P/c1-3(22-23(18,19)20)8-6(14)7(15)9(21-8)4-2-5(12)11(17)13-10(4)16/h2-3,5-9,14-15H,12H2,1H3,(H,13,16,17)(H2,18,19,20)/t3?,5?,6-,7+,8+,9-/m0/s1. The van der Waals surface area contributed by atoms with Crippen LogP contribution in [0, 0.1) is 0 Å². The van der Waals surface area contributed by atoms with Crippen LogP contribution in [0.5, 0.6) is 0 Å². The molecule has 2 aliphatic heterocycles. The molecular weight excluding hydrogens is 335 g/mol. The number of phosphoric acid groups is 1. The predicted molar refractivity (Wildman–Crippen MR) is 72.5 cm³/mol. The first kappa shape index (κ1) is 18.2. The van der Waals surface area contributed by atoms with Crippen molar-refractivity contribution in [1.29, 1.82) is 0 Å². The van der Waals surface area contributed by atoms with Gasteiger partial charge in [0.2, 0.25) is 5.91 Å². The zero-order chi connectivity index (χ0) is 17.5. The molecule has 2 aliphatic rings. The number of nitrogens with one attached hydrogen (secondary N) is 1. The Morgan fingerprint density at radius 2 is 1.96 bits per heavy atom. The van der Waals surface area contributed by atoms with E-state index in [1.807, 2.05) is 5.32 Å². The summed E-state index contributed by atoms with van der Waals surface area (Å²) >= 11 is 0. The van der Waals surface area contributed by atoms with E-state index in [-0.39, 0.29) is 5.57 Å². The summed E-state index contributed by atoms with van der Waals surface area (Å²) in [4.78, 5) is 40.7. The third-order valence-corrected chi connectivity index (χ3v) is 4.14. The van der Waals surface area contributed by atoms with Gasteiger partial charge in [-0.1, -0.05) is 0 Å². The number of rotatable bonds is 4. The van der Waals surface area contributed by atoms with Crippen molar-refractivity contribution >= 4 is 19.6 Å². The van der Waals surface area contributed by atoms with Gasteiger partial charge in [0, 0.05) is 5.57 Å². The summed E-state index contributed by atoms with van der Waals surface area (Å²) < 4.78 is 20.6. The van der Waals surface area contributed by atoms with Crippen LogP contribution in [0.4, 0.5) is 0 Å². The maximum absolute atomic E-state index is 11.8. The molecule has 23 heavy (non-hydrogen) atoms. The Balaban J connectivity index is 2.20. The van der Waals surface area contributed by atoms with Crippen LogP contribution in [-0.2, 0) is 23.4 Å². The second kappa shape index (κ2) is 6.38. The van der Waals surface area contributed by atoms with Gasteiger partial charge in [-0.25, -0.2) is 4.57 Å². The monoisotopic (exact) mass is 352 g/mol. The Morgan fingerprint density at radius 1 is 1.35 bits per heavy atom. The van der Waals surface area contributed by atoms with E-state index in [9.17, 15) is 24.4 Å². The van der Waals surface area contributed by atoms with Gasteiger partial charge in [0.1, 0.15) is 30.5 Å². The van der Waals surface area contributed by atoms with Crippen molar-refractivity contribution in [3.05, 3.63) is 11.6 Å². The van der Waals surface area contributed by atoms with Crippen molar-refractivity contribution in [2.75, 3.05) is 0 Å². The molecule has 12 heteroatoms. The van der Waals surface area contributed by atoms with Crippen molar-refractivity contribution in [2.45, 2.75) is 43.5 Å². The van der Waals surface area contributed by atoms with Gasteiger partial charge in [-0.3, -0.25) is 19.4 Å². The summed E-state index contributed by atoms with van der Waals surface area (Å²) in [6.45, 7) is 1.23. The normalized spacial score (nSPS) is 36.6. The highest BCUT2D eigenvalue weighted by molar-refractivity contribution is 7.46. The highest BCUT2D eigenvalue weighted by Gasteiger charge is 2.50. The van der Waals surface area contributed by atoms with Gasteiger partial charge in [0.25, 0.3) is 5.91 Å². The lowest BCUT2D eigenvalue weighted by Crippen LogP contribution is -2.50. The van der Waals surface area contributed by atoms with Gasteiger partial charge in [-0.2, -0.15) is 0 Å². The first-order chi connectivity index (χ1) is 10.5. The molecule has 0 spiro atoms. The summed E-state index contributed by atoms with van der Waals surface area (Å²) in [6, 6.07) is -1.13. The van der Waals surface area contributed by atoms with Crippen molar-refractivity contribution in [3.63, 3.8) is 0 Å². The Bertz CT molecular complexity index is 588. The van der Waals surface area contributed by atoms with Crippen molar-refractivity contribution in [1.82, 2.24) is 5.32 Å². The van der Waals surface area contributed by atoms with Crippen molar-refractivity contribution < 1.29 is 43.4 Å². The van der Waals surface area contributed by atoms with E-state index >= 15 is 0 Å². The van der Waals surface area contributed by atoms with Crippen molar-refractivity contribution in [2.24, 2.45) is 5.73 Å². The van der Waals surface area contributed by atoms with Crippen LogP contribution in [-0.4, -0.2) is 68.4 Å². The SMILES string of the molecule is CC(OP(=O)(O)O)[C@H]1O[C@@H](C2=CC(N)C(=O)NC2=O)[C@H](O)[C@@H]1O. The van der Waals surface area contributed by atoms with E-state index in [0.717, 1.165) is 6.08 Å². The minimum absolute atomic E-state index is 0.158. The maximum atomic E-state index is 11.8. The largest absolute Gasteiger partial charge is 0.469 e. The predicted octanol–water partition coefficient (Wildman–Crippen LogP) is -3.12. The molecule has 7 N–H and O–H groups in total. The molecule has 2 heterocycles. The number of carbonyl (C=O) groups excluding carboxylic acids is 2. The van der Waals surface area contributed by atoms with Crippen LogP contribution in [0.15, 0.2) is 11.6 Å². The average molecular weight is 352 g/mol. The van der Waals surface area contributed by atoms with Crippen LogP contribution < -0.4 is 11.1 Å². The van der Waals surface area contributed by atoms with Gasteiger partial charge in [0.05, 0.1) is 6.10 Å². The number of ether oxygens (including phenoxy) is 1. The van der Waals surface area contributed by atoms with Crippen LogP contribution in [0.3, 0.4) is 0 Å². The molecule has 2 rings (SSSR count). The Kier molecular flexibility index (Phi) is 5.04. The van der Waals surface area contributed by atoms with Crippen molar-refractivity contribution in [3.8, 4) is 0 Å². The molecule has 0 aliphatic carbocycles. The summed E-state index contributed by atoms with van der Waals surface area (Å²) in [6.07, 6.45) is -5.93. The first-order valence-corrected chi connectivity index (χ1v) is 8.12. The van der Waals surface area contributed by atoms with E-state index in [1.54, 1.807) is 0 Å². The van der Waals surface area contributed by atoms with Gasteiger partial charge < -0.3 is 30.5 Å². The second-order valence-electron chi connectivity index (χ2n) is 5.27. The highest BCUT2D eigenvalue weighted by atomic mass is 31.2. The number of aliphatic hydroxyl groups is 2. The Hall–Kier alpha value is -1.17. The van der Waals surface area contributed by atoms with Crippen LogP contribution >= 0.6 is 7.82 Å². The average Bonchev–Trinajstić information content (AvgIpc) is 2.69. The molecule has 1 saturated heterocycles. The molecule has 2 unspecified atom stereocenters. The summed E-state index contributed by atoms with van der Waals surface area (Å²) in [5.74, 6) is -1.56. The Labute approximate surface area is 130 Å². The molecule has 1 fully saturated rings. The molecule has 0 aromatic heterocycles. The molecule has 11 nitrogen and oxygen atoms in total. The fourth-order valence-electron chi connectivity index (χ4n) is 2.46. The van der Waals surface area contributed by atoms with E-state index in [0.29, 0.717) is 0 Å². The van der Waals surface area contributed by atoms with E-state index in [4.69, 9.17) is 20.3 Å². The molecule has 6 atom stereocenters. The molecular formula is C11H17N2O9P. The summed E-state index contributed by atoms with van der Waals surface area (Å²) in [5.41, 5.74) is 5.33. The van der Waals surface area contributed by atoms with E-state index in [1.165, 1.54) is 6.92 Å². The summed E-state index contributed by atoms with van der Waals surface area (Å²) in [5, 5.41) is 22.0. The molecule has 0 radical (unpaired) electrons. The third kappa shape index (κ3) is 3.84. The number of imide groups is 1. The molecule has 0 saturated carbocycles. The zero-order valence-electron chi connectivity index (χ0n) is 11.9. The molecule has 0 aromatic carbocycles. The number of hydrogen-bond donors (Lipinski definition) is 6. The fourth-order valence-corrected chi connectivity index (χ4v) is 3.02. The summed E-state index contributed by atoms with van der Waals surface area (Å²) in [7, 11) is -4.83. The zero-order valence-corrected chi connectivity index (χ0v) is 12.8. The topological polar surface area (TPSA) is 189 Å². The van der Waals surface area contributed by atoms with E-state index in [2.05, 4.69) is 4.52 Å². The molecule has 0 aromatic rings. The number of hydrogen-bond acceptors (Lipinski definition) is 8. The third-order valence-electron chi connectivity index (χ3n) is 3.53. The van der Waals surface area contributed by atoms with Crippen LogP contribution in [0.1, 0.15) is 6.92 Å². The quantitative estimate of drug-likeness (QED) is 0.223. The molecule has 130 valence electrons. The van der Waals surface area contributed by atoms with Gasteiger partial charge in [0.15, 0.2) is 0 Å². The molecule has 0 bridgehead atoms. The fraction of sp³-hybridized carbons (Fsp3) is 0.636. The lowest BCUT2D eigenvalue weighted by molar-refractivity contribution is -0.131. The number of aliphatic hydroxyl groups excluding tert-OH is 2. The van der Waals surface area contributed by atoms with Gasteiger partial charge in [-0.15, -0.1) is 0 Å². The lowest BCUT2D eigenvalue weighted by atomic mass is 9.96. The van der Waals surface area contributed by atoms with E-state index < -0.39 is 56.2 Å². The molecule has 2 amide bonds.